The molecule has 4 N–H and O–H groups in total. The molecule has 2 aromatic carbocycles. The zero-order valence-corrected chi connectivity index (χ0v) is 18.2. The van der Waals surface area contributed by atoms with Crippen LogP contribution in [0.4, 0.5) is 5.69 Å². The Bertz CT molecular complexity index is 1050. The van der Waals surface area contributed by atoms with Gasteiger partial charge >= 0.3 is 16.5 Å². The van der Waals surface area contributed by atoms with Crippen LogP contribution in [-0.2, 0) is 10.5 Å². The van der Waals surface area contributed by atoms with Crippen LogP contribution in [0.25, 0.3) is 0 Å². The first-order valence-corrected chi connectivity index (χ1v) is 11.4. The summed E-state index contributed by atoms with van der Waals surface area (Å²) in [6.45, 7) is 0.353. The van der Waals surface area contributed by atoms with Gasteiger partial charge in [-0.2, -0.15) is 8.42 Å². The number of carboxylic acids is 1. The zero-order valence-electron chi connectivity index (χ0n) is 17.3. The largest absolute Gasteiger partial charge is 0.506 e. The number of ether oxygens (including phenoxy) is 1. The average Bonchev–Trinajstić information content (AvgIpc) is 2.78. The summed E-state index contributed by atoms with van der Waals surface area (Å²) in [6.07, 6.45) is 3.11. The van der Waals surface area contributed by atoms with Gasteiger partial charge in [0.05, 0.1) is 5.56 Å². The van der Waals surface area contributed by atoms with Crippen LogP contribution in [0.15, 0.2) is 46.8 Å². The Balaban J connectivity index is 1.41. The van der Waals surface area contributed by atoms with Crippen molar-refractivity contribution in [3.8, 4) is 11.5 Å². The van der Waals surface area contributed by atoms with Gasteiger partial charge < -0.3 is 25.4 Å². The number of carbonyl (C=O) groups is 1. The second kappa shape index (κ2) is 11.1. The van der Waals surface area contributed by atoms with E-state index in [4.69, 9.17) is 9.84 Å². The number of hydrogen-bond donors (Lipinski definition) is 4. The average molecular weight is 463 g/mol. The molecule has 0 aromatic heterocycles. The summed E-state index contributed by atoms with van der Waals surface area (Å²) in [5, 5.41) is 32.2. The van der Waals surface area contributed by atoms with E-state index in [2.05, 4.69) is 9.68 Å². The van der Waals surface area contributed by atoms with E-state index < -0.39 is 22.6 Å². The number of aliphatic hydroxyl groups is 1. The van der Waals surface area contributed by atoms with Gasteiger partial charge in [0.25, 0.3) is 0 Å². The number of aromatic hydroxyl groups is 1. The first kappa shape index (κ1) is 23.7. The number of phenols is 1. The summed E-state index contributed by atoms with van der Waals surface area (Å²) >= 11 is 0. The van der Waals surface area contributed by atoms with Crippen LogP contribution in [0.1, 0.15) is 47.5 Å². The fourth-order valence-corrected chi connectivity index (χ4v) is 4.14. The van der Waals surface area contributed by atoms with Crippen molar-refractivity contribution < 1.29 is 33.3 Å². The Morgan fingerprint density at radius 3 is 2.44 bits per heavy atom. The molecule has 0 amide bonds. The number of phenolic OH excluding ortho intramolecular Hbond substituents is 1. The van der Waals surface area contributed by atoms with Gasteiger partial charge in [0.1, 0.15) is 29.9 Å². The zero-order chi connectivity index (χ0) is 23.1. The van der Waals surface area contributed by atoms with Crippen molar-refractivity contribution >= 4 is 22.2 Å². The highest BCUT2D eigenvalue weighted by Crippen LogP contribution is 2.33. The van der Waals surface area contributed by atoms with Crippen molar-refractivity contribution in [2.24, 2.45) is 4.36 Å². The summed E-state index contributed by atoms with van der Waals surface area (Å²) in [7, 11) is -2.70. The number of hydrogen-bond acceptors (Lipinski definition) is 8. The van der Waals surface area contributed by atoms with Gasteiger partial charge in [-0.05, 0) is 61.4 Å². The number of benzene rings is 2. The lowest BCUT2D eigenvalue weighted by Crippen LogP contribution is -2.39. The third kappa shape index (κ3) is 6.78. The molecule has 0 heterocycles. The molecule has 0 aliphatic heterocycles. The van der Waals surface area contributed by atoms with E-state index in [9.17, 15) is 23.4 Å². The van der Waals surface area contributed by atoms with Crippen LogP contribution in [0, 0.1) is 0 Å². The van der Waals surface area contributed by atoms with Crippen molar-refractivity contribution in [1.82, 2.24) is 5.32 Å². The summed E-state index contributed by atoms with van der Waals surface area (Å²) in [5.74, 6) is -0.508. The van der Waals surface area contributed by atoms with E-state index in [0.717, 1.165) is 31.2 Å². The molecule has 32 heavy (non-hydrogen) atoms. The SMILES string of the molecule is O=C(O)c1ccc(C2CCC(NC[C@H](O)COc3ccc(O)c(N=S(=O)=O)c3)CC2)cc1. The van der Waals surface area contributed by atoms with Crippen molar-refractivity contribution in [2.45, 2.75) is 43.7 Å². The van der Waals surface area contributed by atoms with E-state index in [0.29, 0.717) is 23.8 Å². The minimum absolute atomic E-state index is 0.00293. The molecular formula is C22H26N2O7S. The monoisotopic (exact) mass is 462 g/mol. The number of carboxylic acid groups (broad SMARTS) is 1. The van der Waals surface area contributed by atoms with Crippen LogP contribution in [0.2, 0.25) is 0 Å². The Kier molecular flexibility index (Phi) is 8.20. The van der Waals surface area contributed by atoms with Gasteiger partial charge in [0.15, 0.2) is 0 Å². The standard InChI is InChI=1S/C22H26N2O7S/c25-18(13-31-19-9-10-21(26)20(11-19)24-32(29)30)12-23-17-7-5-15(6-8-17)14-1-3-16(4-2-14)22(27)28/h1-4,9-11,15,17-18,23,25-26H,5-8,12-13H2,(H,27,28)/t15?,17?,18-/m0/s1. The summed E-state index contributed by atoms with van der Waals surface area (Å²) < 4.78 is 30.1. The molecule has 10 heteroatoms. The lowest BCUT2D eigenvalue weighted by Gasteiger charge is -2.30. The highest BCUT2D eigenvalue weighted by atomic mass is 32.2. The lowest BCUT2D eigenvalue weighted by atomic mass is 9.81. The minimum Gasteiger partial charge on any atom is -0.506 e. The van der Waals surface area contributed by atoms with Gasteiger partial charge in [-0.3, -0.25) is 0 Å². The van der Waals surface area contributed by atoms with Crippen LogP contribution in [-0.4, -0.2) is 55.0 Å². The predicted molar refractivity (Wildman–Crippen MR) is 117 cm³/mol. The molecule has 1 saturated carbocycles. The molecule has 1 fully saturated rings. The highest BCUT2D eigenvalue weighted by Gasteiger charge is 2.23. The third-order valence-electron chi connectivity index (χ3n) is 5.56. The predicted octanol–water partition coefficient (Wildman–Crippen LogP) is 2.84. The van der Waals surface area contributed by atoms with Gasteiger partial charge in [-0.25, -0.2) is 4.79 Å². The Hall–Kier alpha value is -2.95. The molecule has 0 unspecified atom stereocenters. The number of aliphatic hydroxyl groups excluding tert-OH is 1. The van der Waals surface area contributed by atoms with Crippen LogP contribution in [0.5, 0.6) is 11.5 Å². The summed E-state index contributed by atoms with van der Waals surface area (Å²) in [5.41, 5.74) is 1.32. The van der Waals surface area contributed by atoms with Crippen molar-refractivity contribution in [3.63, 3.8) is 0 Å². The van der Waals surface area contributed by atoms with Crippen molar-refractivity contribution in [2.75, 3.05) is 13.2 Å². The van der Waals surface area contributed by atoms with Gasteiger partial charge in [-0.15, -0.1) is 4.36 Å². The number of nitrogens with zero attached hydrogens (tertiary/aromatic N) is 1. The maximum absolute atomic E-state index is 11.0. The van der Waals surface area contributed by atoms with Crippen LogP contribution < -0.4 is 10.1 Å². The quantitative estimate of drug-likeness (QED) is 0.445. The Morgan fingerprint density at radius 1 is 1.12 bits per heavy atom. The topological polar surface area (TPSA) is 146 Å². The molecule has 9 nitrogen and oxygen atoms in total. The number of rotatable bonds is 9. The van der Waals surface area contributed by atoms with Crippen molar-refractivity contribution in [3.05, 3.63) is 53.6 Å². The fraction of sp³-hybridized carbons (Fsp3) is 0.409. The van der Waals surface area contributed by atoms with Gasteiger partial charge in [-0.1, -0.05) is 12.1 Å². The molecule has 1 atom stereocenters. The molecule has 0 radical (unpaired) electrons. The van der Waals surface area contributed by atoms with E-state index in [1.165, 1.54) is 18.2 Å². The second-order valence-electron chi connectivity index (χ2n) is 7.81. The Labute approximate surface area is 187 Å². The molecule has 0 saturated heterocycles. The lowest BCUT2D eigenvalue weighted by molar-refractivity contribution is 0.0696. The highest BCUT2D eigenvalue weighted by molar-refractivity contribution is 7.61. The smallest absolute Gasteiger partial charge is 0.335 e. The summed E-state index contributed by atoms with van der Waals surface area (Å²) in [4.78, 5) is 11.0. The van der Waals surface area contributed by atoms with Gasteiger partial charge in [0, 0.05) is 18.7 Å². The van der Waals surface area contributed by atoms with E-state index in [1.54, 1.807) is 12.1 Å². The van der Waals surface area contributed by atoms with E-state index in [-0.39, 0.29) is 24.1 Å². The fourth-order valence-electron chi connectivity index (χ4n) is 3.83. The minimum atomic E-state index is -2.70. The molecule has 1 aliphatic carbocycles. The first-order valence-electron chi connectivity index (χ1n) is 10.3. The third-order valence-corrected chi connectivity index (χ3v) is 5.91. The molecular weight excluding hydrogens is 436 g/mol. The van der Waals surface area contributed by atoms with Crippen molar-refractivity contribution in [1.29, 1.82) is 0 Å². The van der Waals surface area contributed by atoms with Crippen LogP contribution in [0.3, 0.4) is 0 Å². The molecule has 0 bridgehead atoms. The number of nitrogens with one attached hydrogen (secondary N) is 1. The number of aromatic carboxylic acids is 1. The van der Waals surface area contributed by atoms with E-state index >= 15 is 0 Å². The second-order valence-corrected chi connectivity index (χ2v) is 8.42. The molecule has 1 aliphatic rings. The Morgan fingerprint density at radius 2 is 1.81 bits per heavy atom. The maximum atomic E-state index is 11.0. The first-order chi connectivity index (χ1) is 15.3. The molecule has 2 aromatic rings. The normalized spacial score (nSPS) is 19.2. The molecule has 172 valence electrons. The summed E-state index contributed by atoms with van der Waals surface area (Å²) in [6, 6.07) is 11.4. The van der Waals surface area contributed by atoms with E-state index in [1.807, 2.05) is 12.1 Å². The molecule has 3 rings (SSSR count). The maximum Gasteiger partial charge on any atom is 0.335 e. The van der Waals surface area contributed by atoms with Crippen LogP contribution >= 0.6 is 0 Å². The molecule has 0 spiro atoms. The van der Waals surface area contributed by atoms with Gasteiger partial charge in [0.2, 0.25) is 0 Å².